The lowest BCUT2D eigenvalue weighted by Crippen LogP contribution is -2.26. The summed E-state index contributed by atoms with van der Waals surface area (Å²) >= 11 is 0. The number of ketones is 1. The number of carbonyl (C=O) groups excluding carboxylic acids is 1. The van der Waals surface area contributed by atoms with Crippen molar-refractivity contribution in [1.82, 2.24) is 0 Å². The monoisotopic (exact) mass is 178 g/mol. The second-order valence-corrected chi connectivity index (χ2v) is 4.30. The lowest BCUT2D eigenvalue weighted by atomic mass is 9.75. The predicted octanol–water partition coefficient (Wildman–Crippen LogP) is 3.12. The molecule has 1 rings (SSSR count). The Bertz CT molecular complexity index is 269. The summed E-state index contributed by atoms with van der Waals surface area (Å²) in [7, 11) is 0. The van der Waals surface area contributed by atoms with Gasteiger partial charge in [-0.05, 0) is 31.8 Å². The van der Waals surface area contributed by atoms with Crippen molar-refractivity contribution in [3.63, 3.8) is 0 Å². The van der Waals surface area contributed by atoms with Crippen molar-refractivity contribution in [3.05, 3.63) is 23.8 Å². The SMILES string of the molecule is C/C=C\C(=O)C1CC=C(C)C1(C)C. The summed E-state index contributed by atoms with van der Waals surface area (Å²) in [5.41, 5.74) is 1.40. The average Bonchev–Trinajstić information content (AvgIpc) is 2.28. The second-order valence-electron chi connectivity index (χ2n) is 4.30. The van der Waals surface area contributed by atoms with Gasteiger partial charge in [-0.25, -0.2) is 0 Å². The summed E-state index contributed by atoms with van der Waals surface area (Å²) in [6.07, 6.45) is 6.61. The van der Waals surface area contributed by atoms with Crippen LogP contribution in [0.2, 0.25) is 0 Å². The standard InChI is InChI=1S/C12H18O/c1-5-6-11(13)10-8-7-9(2)12(10,3)4/h5-7,10H,8H2,1-4H3/b6-5-. The van der Waals surface area contributed by atoms with Crippen molar-refractivity contribution in [2.45, 2.75) is 34.1 Å². The summed E-state index contributed by atoms with van der Waals surface area (Å²) in [6.45, 7) is 8.30. The van der Waals surface area contributed by atoms with E-state index in [0.29, 0.717) is 0 Å². The Hall–Kier alpha value is -0.850. The second kappa shape index (κ2) is 3.49. The smallest absolute Gasteiger partial charge is 0.159 e. The molecule has 0 N–H and O–H groups in total. The van der Waals surface area contributed by atoms with Gasteiger partial charge in [0.05, 0.1) is 0 Å². The van der Waals surface area contributed by atoms with Crippen LogP contribution in [0.5, 0.6) is 0 Å². The number of rotatable bonds is 2. The highest BCUT2D eigenvalue weighted by Gasteiger charge is 2.38. The van der Waals surface area contributed by atoms with Crippen molar-refractivity contribution in [3.8, 4) is 0 Å². The highest BCUT2D eigenvalue weighted by atomic mass is 16.1. The van der Waals surface area contributed by atoms with Gasteiger partial charge in [-0.1, -0.05) is 31.6 Å². The van der Waals surface area contributed by atoms with Crippen LogP contribution in [0.15, 0.2) is 23.8 Å². The molecule has 1 nitrogen and oxygen atoms in total. The molecular weight excluding hydrogens is 160 g/mol. The first-order valence-electron chi connectivity index (χ1n) is 4.84. The Kier molecular flexibility index (Phi) is 2.74. The first kappa shape index (κ1) is 10.2. The Morgan fingerprint density at radius 1 is 1.62 bits per heavy atom. The summed E-state index contributed by atoms with van der Waals surface area (Å²) in [4.78, 5) is 11.7. The molecule has 0 fully saturated rings. The van der Waals surface area contributed by atoms with Crippen LogP contribution in [-0.2, 0) is 4.79 Å². The lowest BCUT2D eigenvalue weighted by molar-refractivity contribution is -0.120. The van der Waals surface area contributed by atoms with Gasteiger partial charge in [-0.15, -0.1) is 0 Å². The molecule has 0 aromatic carbocycles. The van der Waals surface area contributed by atoms with E-state index in [0.717, 1.165) is 6.42 Å². The fourth-order valence-electron chi connectivity index (χ4n) is 1.88. The topological polar surface area (TPSA) is 17.1 Å². The average molecular weight is 178 g/mol. The van der Waals surface area contributed by atoms with Gasteiger partial charge in [0, 0.05) is 5.92 Å². The van der Waals surface area contributed by atoms with E-state index < -0.39 is 0 Å². The summed E-state index contributed by atoms with van der Waals surface area (Å²) in [5.74, 6) is 0.421. The molecule has 0 bridgehead atoms. The van der Waals surface area contributed by atoms with Crippen molar-refractivity contribution in [2.75, 3.05) is 0 Å². The molecule has 1 atom stereocenters. The van der Waals surface area contributed by atoms with Gasteiger partial charge in [0.1, 0.15) is 0 Å². The molecule has 72 valence electrons. The minimum absolute atomic E-state index is 0.0522. The Balaban J connectivity index is 2.82. The van der Waals surface area contributed by atoms with Crippen LogP contribution < -0.4 is 0 Å². The minimum Gasteiger partial charge on any atom is -0.295 e. The molecule has 0 aromatic rings. The van der Waals surface area contributed by atoms with Gasteiger partial charge >= 0.3 is 0 Å². The molecule has 0 amide bonds. The molecule has 1 aliphatic rings. The largest absolute Gasteiger partial charge is 0.295 e. The molecule has 0 spiro atoms. The van der Waals surface area contributed by atoms with Crippen molar-refractivity contribution in [1.29, 1.82) is 0 Å². The maximum Gasteiger partial charge on any atom is 0.159 e. The van der Waals surface area contributed by atoms with Gasteiger partial charge in [0.25, 0.3) is 0 Å². The van der Waals surface area contributed by atoms with Crippen LogP contribution in [0.3, 0.4) is 0 Å². The number of hydrogen-bond acceptors (Lipinski definition) is 1. The van der Waals surface area contributed by atoms with E-state index in [1.165, 1.54) is 5.57 Å². The Labute approximate surface area is 80.5 Å². The van der Waals surface area contributed by atoms with E-state index in [-0.39, 0.29) is 17.1 Å². The third-order valence-electron chi connectivity index (χ3n) is 3.22. The molecule has 0 radical (unpaired) electrons. The van der Waals surface area contributed by atoms with Gasteiger partial charge in [-0.2, -0.15) is 0 Å². The zero-order chi connectivity index (χ0) is 10.1. The van der Waals surface area contributed by atoms with Crippen molar-refractivity contribution in [2.24, 2.45) is 11.3 Å². The number of carbonyl (C=O) groups is 1. The zero-order valence-corrected chi connectivity index (χ0v) is 8.92. The molecular formula is C12H18O. The molecule has 0 aromatic heterocycles. The highest BCUT2D eigenvalue weighted by molar-refractivity contribution is 5.93. The first-order valence-corrected chi connectivity index (χ1v) is 4.84. The molecule has 1 unspecified atom stereocenters. The molecule has 1 heteroatoms. The molecule has 0 saturated heterocycles. The van der Waals surface area contributed by atoms with E-state index in [4.69, 9.17) is 0 Å². The van der Waals surface area contributed by atoms with E-state index in [2.05, 4.69) is 26.8 Å². The first-order chi connectivity index (χ1) is 6.00. The molecule has 0 heterocycles. The Morgan fingerprint density at radius 2 is 2.23 bits per heavy atom. The van der Waals surface area contributed by atoms with E-state index >= 15 is 0 Å². The summed E-state index contributed by atoms with van der Waals surface area (Å²) < 4.78 is 0. The number of allylic oxidation sites excluding steroid dienone is 4. The van der Waals surface area contributed by atoms with Crippen LogP contribution in [0.4, 0.5) is 0 Å². The van der Waals surface area contributed by atoms with E-state index in [1.54, 1.807) is 6.08 Å². The summed E-state index contributed by atoms with van der Waals surface area (Å²) in [5, 5.41) is 0. The molecule has 0 saturated carbocycles. The molecule has 1 aliphatic carbocycles. The maximum atomic E-state index is 11.7. The molecule has 0 aliphatic heterocycles. The van der Waals surface area contributed by atoms with E-state index in [9.17, 15) is 4.79 Å². The lowest BCUT2D eigenvalue weighted by Gasteiger charge is -2.27. The van der Waals surface area contributed by atoms with Gasteiger partial charge in [0.2, 0.25) is 0 Å². The van der Waals surface area contributed by atoms with Gasteiger partial charge in [0.15, 0.2) is 5.78 Å². The van der Waals surface area contributed by atoms with Crippen LogP contribution >= 0.6 is 0 Å². The van der Waals surface area contributed by atoms with Crippen LogP contribution in [-0.4, -0.2) is 5.78 Å². The normalized spacial score (nSPS) is 26.5. The zero-order valence-electron chi connectivity index (χ0n) is 8.92. The highest BCUT2D eigenvalue weighted by Crippen LogP contribution is 2.43. The van der Waals surface area contributed by atoms with Crippen LogP contribution in [0.1, 0.15) is 34.1 Å². The predicted molar refractivity (Wildman–Crippen MR) is 55.5 cm³/mol. The minimum atomic E-state index is 0.0522. The third kappa shape index (κ3) is 1.74. The Morgan fingerprint density at radius 3 is 2.62 bits per heavy atom. The molecule has 13 heavy (non-hydrogen) atoms. The van der Waals surface area contributed by atoms with E-state index in [1.807, 2.05) is 13.0 Å². The fraction of sp³-hybridized carbons (Fsp3) is 0.583. The number of hydrogen-bond donors (Lipinski definition) is 0. The van der Waals surface area contributed by atoms with Crippen molar-refractivity contribution >= 4 is 5.78 Å². The van der Waals surface area contributed by atoms with Gasteiger partial charge in [-0.3, -0.25) is 4.79 Å². The quantitative estimate of drug-likeness (QED) is 0.469. The van der Waals surface area contributed by atoms with Crippen molar-refractivity contribution < 1.29 is 4.79 Å². The van der Waals surface area contributed by atoms with Crippen LogP contribution in [0.25, 0.3) is 0 Å². The summed E-state index contributed by atoms with van der Waals surface area (Å²) in [6, 6.07) is 0. The van der Waals surface area contributed by atoms with Gasteiger partial charge < -0.3 is 0 Å². The fourth-order valence-corrected chi connectivity index (χ4v) is 1.88. The van der Waals surface area contributed by atoms with Crippen LogP contribution in [0, 0.1) is 11.3 Å². The third-order valence-corrected chi connectivity index (χ3v) is 3.22. The maximum absolute atomic E-state index is 11.7.